The van der Waals surface area contributed by atoms with E-state index >= 15 is 0 Å². The maximum atomic E-state index is 12.4. The van der Waals surface area contributed by atoms with E-state index in [9.17, 15) is 4.79 Å². The van der Waals surface area contributed by atoms with Crippen molar-refractivity contribution in [2.24, 2.45) is 0 Å². The maximum absolute atomic E-state index is 12.4. The molecule has 0 aliphatic carbocycles. The second kappa shape index (κ2) is 9.01. The molecule has 8 nitrogen and oxygen atoms in total. The number of hydrogen-bond donors (Lipinski definition) is 1. The highest BCUT2D eigenvalue weighted by Crippen LogP contribution is 2.33. The summed E-state index contributed by atoms with van der Waals surface area (Å²) < 4.78 is 16.5. The average molecular weight is 439 g/mol. The number of hydrogen-bond acceptors (Lipinski definition) is 8. The lowest BCUT2D eigenvalue weighted by Gasteiger charge is -2.11. The zero-order valence-corrected chi connectivity index (χ0v) is 17.6. The molecule has 3 heterocycles. The summed E-state index contributed by atoms with van der Waals surface area (Å²) in [5.74, 6) is 0.849. The smallest absolute Gasteiger partial charge is 0.342 e. The molecule has 31 heavy (non-hydrogen) atoms. The van der Waals surface area contributed by atoms with E-state index in [4.69, 9.17) is 25.5 Å². The number of aromatic nitrogens is 3. The molecule has 0 amide bonds. The van der Waals surface area contributed by atoms with Crippen LogP contribution in [0, 0.1) is 6.92 Å². The third-order valence-corrected chi connectivity index (χ3v) is 4.74. The third-order valence-electron chi connectivity index (χ3n) is 4.44. The van der Waals surface area contributed by atoms with E-state index in [2.05, 4.69) is 20.3 Å². The van der Waals surface area contributed by atoms with E-state index in [1.165, 1.54) is 6.33 Å². The molecule has 158 valence electrons. The van der Waals surface area contributed by atoms with Crippen LogP contribution in [0.3, 0.4) is 0 Å². The van der Waals surface area contributed by atoms with E-state index in [1.807, 2.05) is 18.2 Å². The number of anilines is 2. The van der Waals surface area contributed by atoms with Crippen LogP contribution in [0.25, 0.3) is 11.1 Å². The molecule has 0 radical (unpaired) electrons. The minimum Gasteiger partial charge on any atom is -0.486 e. The summed E-state index contributed by atoms with van der Waals surface area (Å²) in [6, 6.07) is 10.9. The highest BCUT2D eigenvalue weighted by Gasteiger charge is 2.23. The van der Waals surface area contributed by atoms with Crippen molar-refractivity contribution in [3.05, 3.63) is 71.0 Å². The Bertz CT molecular complexity index is 1230. The highest BCUT2D eigenvalue weighted by atomic mass is 35.5. The van der Waals surface area contributed by atoms with Crippen LogP contribution < -0.4 is 10.1 Å². The number of aryl methyl sites for hydroxylation is 1. The minimum absolute atomic E-state index is 0.247. The van der Waals surface area contributed by atoms with Gasteiger partial charge in [0.25, 0.3) is 0 Å². The summed E-state index contributed by atoms with van der Waals surface area (Å²) in [5.41, 5.74) is 2.04. The van der Waals surface area contributed by atoms with Gasteiger partial charge >= 0.3 is 5.97 Å². The van der Waals surface area contributed by atoms with Crippen LogP contribution in [0.4, 0.5) is 11.5 Å². The first-order valence-corrected chi connectivity index (χ1v) is 9.95. The largest absolute Gasteiger partial charge is 0.486 e. The number of fused-ring (bicyclic) bond motifs is 1. The van der Waals surface area contributed by atoms with Gasteiger partial charge in [0.15, 0.2) is 0 Å². The van der Waals surface area contributed by atoms with Gasteiger partial charge in [-0.05, 0) is 44.2 Å². The minimum atomic E-state index is -0.493. The quantitative estimate of drug-likeness (QED) is 0.399. The predicted octanol–water partition coefficient (Wildman–Crippen LogP) is 5.08. The Morgan fingerprint density at radius 1 is 1.19 bits per heavy atom. The summed E-state index contributed by atoms with van der Waals surface area (Å²) in [5, 5.41) is 4.03. The van der Waals surface area contributed by atoms with Crippen LogP contribution in [-0.4, -0.2) is 27.5 Å². The molecule has 0 spiro atoms. The van der Waals surface area contributed by atoms with Gasteiger partial charge in [0.2, 0.25) is 5.71 Å². The van der Waals surface area contributed by atoms with Gasteiger partial charge in [-0.25, -0.2) is 14.8 Å². The van der Waals surface area contributed by atoms with Gasteiger partial charge in [0.1, 0.15) is 35.8 Å². The number of carbonyl (C=O) groups excluding carboxylic acids is 1. The van der Waals surface area contributed by atoms with Crippen molar-refractivity contribution in [3.8, 4) is 5.75 Å². The second-order valence-electron chi connectivity index (χ2n) is 6.54. The highest BCUT2D eigenvalue weighted by molar-refractivity contribution is 6.32. The van der Waals surface area contributed by atoms with Gasteiger partial charge in [-0.1, -0.05) is 17.7 Å². The van der Waals surface area contributed by atoms with Gasteiger partial charge in [-0.3, -0.25) is 4.98 Å². The topological polar surface area (TPSA) is 99.4 Å². The Morgan fingerprint density at radius 3 is 2.81 bits per heavy atom. The van der Waals surface area contributed by atoms with Crippen molar-refractivity contribution < 1.29 is 18.7 Å². The summed E-state index contributed by atoms with van der Waals surface area (Å²) in [4.78, 5) is 25.0. The Balaban J connectivity index is 1.59. The van der Waals surface area contributed by atoms with Crippen LogP contribution >= 0.6 is 11.6 Å². The molecule has 0 aliphatic heterocycles. The van der Waals surface area contributed by atoms with Crippen LogP contribution in [0.2, 0.25) is 5.02 Å². The number of carbonyl (C=O) groups is 1. The van der Waals surface area contributed by atoms with Crippen molar-refractivity contribution in [2.75, 3.05) is 11.9 Å². The fourth-order valence-electron chi connectivity index (χ4n) is 3.06. The Hall–Kier alpha value is -3.65. The van der Waals surface area contributed by atoms with Gasteiger partial charge < -0.3 is 19.2 Å². The van der Waals surface area contributed by atoms with Crippen molar-refractivity contribution in [3.63, 3.8) is 0 Å². The molecule has 1 aromatic carbocycles. The van der Waals surface area contributed by atoms with E-state index in [-0.39, 0.29) is 6.61 Å². The molecule has 0 atom stereocenters. The van der Waals surface area contributed by atoms with Crippen molar-refractivity contribution in [1.29, 1.82) is 0 Å². The molecule has 9 heteroatoms. The molecule has 1 N–H and O–H groups in total. The van der Waals surface area contributed by atoms with Crippen LogP contribution in [0.15, 0.2) is 53.3 Å². The summed E-state index contributed by atoms with van der Waals surface area (Å²) in [7, 11) is 0. The Morgan fingerprint density at radius 2 is 2.06 bits per heavy atom. The van der Waals surface area contributed by atoms with Crippen molar-refractivity contribution in [2.45, 2.75) is 20.5 Å². The number of halogens is 1. The molecular formula is C22H19ClN4O4. The lowest BCUT2D eigenvalue weighted by atomic mass is 10.2. The van der Waals surface area contributed by atoms with E-state index in [0.29, 0.717) is 51.3 Å². The number of ether oxygens (including phenoxy) is 2. The lowest BCUT2D eigenvalue weighted by molar-refractivity contribution is 0.0526. The van der Waals surface area contributed by atoms with Gasteiger partial charge in [0, 0.05) is 11.9 Å². The van der Waals surface area contributed by atoms with Gasteiger partial charge in [0.05, 0.1) is 22.7 Å². The molecule has 0 fully saturated rings. The molecule has 0 saturated carbocycles. The van der Waals surface area contributed by atoms with E-state index in [1.54, 1.807) is 38.2 Å². The predicted molar refractivity (Wildman–Crippen MR) is 116 cm³/mol. The SMILES string of the molecule is CCOC(=O)c1c(C)oc2ncnc(Nc3ccc(OCc4ccccn4)c(Cl)c3)c12. The number of nitrogens with zero attached hydrogens (tertiary/aromatic N) is 3. The van der Waals surface area contributed by atoms with Gasteiger partial charge in [-0.2, -0.15) is 0 Å². The summed E-state index contributed by atoms with van der Waals surface area (Å²) in [6.45, 7) is 3.97. The average Bonchev–Trinajstić information content (AvgIpc) is 3.11. The molecule has 0 bridgehead atoms. The van der Waals surface area contributed by atoms with E-state index < -0.39 is 5.97 Å². The number of pyridine rings is 1. The summed E-state index contributed by atoms with van der Waals surface area (Å²) in [6.07, 6.45) is 3.06. The Kier molecular flexibility index (Phi) is 5.99. The Labute approximate surface area is 183 Å². The number of nitrogens with one attached hydrogen (secondary N) is 1. The monoisotopic (exact) mass is 438 g/mol. The molecular weight excluding hydrogens is 420 g/mol. The van der Waals surface area contributed by atoms with Crippen molar-refractivity contribution in [1.82, 2.24) is 15.0 Å². The molecule has 4 aromatic rings. The van der Waals surface area contributed by atoms with E-state index in [0.717, 1.165) is 5.69 Å². The second-order valence-corrected chi connectivity index (χ2v) is 6.94. The van der Waals surface area contributed by atoms with Crippen molar-refractivity contribution >= 4 is 40.2 Å². The molecule has 0 saturated heterocycles. The molecule has 3 aromatic heterocycles. The molecule has 0 aliphatic rings. The number of furan rings is 1. The summed E-state index contributed by atoms with van der Waals surface area (Å²) >= 11 is 6.40. The third kappa shape index (κ3) is 4.44. The number of esters is 1. The zero-order chi connectivity index (χ0) is 21.8. The number of benzene rings is 1. The first-order chi connectivity index (χ1) is 15.1. The molecule has 0 unspecified atom stereocenters. The van der Waals surface area contributed by atoms with Crippen LogP contribution in [0.5, 0.6) is 5.75 Å². The standard InChI is InChI=1S/C22H19ClN4O4/c1-3-29-22(28)18-13(2)31-21-19(18)20(25-12-26-21)27-14-7-8-17(16(23)10-14)30-11-15-6-4-5-9-24-15/h4-10,12H,3,11H2,1-2H3,(H,25,26,27). The first kappa shape index (κ1) is 20.6. The molecule has 4 rings (SSSR count). The number of rotatable bonds is 7. The fourth-order valence-corrected chi connectivity index (χ4v) is 3.29. The van der Waals surface area contributed by atoms with Gasteiger partial charge in [-0.15, -0.1) is 0 Å². The lowest BCUT2D eigenvalue weighted by Crippen LogP contribution is -2.06. The maximum Gasteiger partial charge on any atom is 0.342 e. The normalized spacial score (nSPS) is 10.8. The van der Waals surface area contributed by atoms with Crippen LogP contribution in [-0.2, 0) is 11.3 Å². The zero-order valence-electron chi connectivity index (χ0n) is 16.9. The first-order valence-electron chi connectivity index (χ1n) is 9.57. The fraction of sp³-hybridized carbons (Fsp3) is 0.182. The van der Waals surface area contributed by atoms with Crippen LogP contribution in [0.1, 0.15) is 28.7 Å².